The van der Waals surface area contributed by atoms with Crippen LogP contribution in [0.2, 0.25) is 0 Å². The Labute approximate surface area is 425 Å². The Morgan fingerprint density at radius 2 is 0.459 bits per heavy atom. The van der Waals surface area contributed by atoms with Gasteiger partial charge in [-0.05, 0) is 127 Å². The van der Waals surface area contributed by atoms with Gasteiger partial charge < -0.3 is 22.8 Å². The third kappa shape index (κ3) is 5.75. The van der Waals surface area contributed by atoms with Crippen LogP contribution in [-0.4, -0.2) is 22.8 Å². The molecule has 16 rings (SSSR count). The van der Waals surface area contributed by atoms with Crippen LogP contribution in [0.1, 0.15) is 5.56 Å². The van der Waals surface area contributed by atoms with Crippen LogP contribution in [-0.2, 0) is 6.42 Å². The SMILES string of the molecule is C=CCc1cc(-n2c3ccccc3c3cc(-n4c5ccccc5c5ccccc54)ccc32)cc(-n2c3ccc(-n4c5ccccc5c5ccccc54)cc3c3cc(-n4c5ccccc5c5ccccc54)ccc32)c1. The summed E-state index contributed by atoms with van der Waals surface area (Å²) in [5, 5.41) is 12.3. The van der Waals surface area contributed by atoms with Gasteiger partial charge in [-0.1, -0.05) is 133 Å². The monoisotopic (exact) mass is 943 g/mol. The second-order valence-electron chi connectivity index (χ2n) is 19.8. The molecule has 0 atom stereocenters. The molecule has 0 saturated carbocycles. The summed E-state index contributed by atoms with van der Waals surface area (Å²) >= 11 is 0. The van der Waals surface area contributed by atoms with Gasteiger partial charge in [0.05, 0.1) is 55.2 Å². The Bertz CT molecular complexity index is 4700. The largest absolute Gasteiger partial charge is 0.309 e. The van der Waals surface area contributed by atoms with E-state index >= 15 is 0 Å². The van der Waals surface area contributed by atoms with Crippen LogP contribution >= 0.6 is 0 Å². The van der Waals surface area contributed by atoms with Gasteiger partial charge in [0.1, 0.15) is 0 Å². The van der Waals surface area contributed by atoms with Crippen molar-refractivity contribution in [3.8, 4) is 28.4 Å². The van der Waals surface area contributed by atoms with Crippen molar-refractivity contribution < 1.29 is 0 Å². The second kappa shape index (κ2) is 15.6. The van der Waals surface area contributed by atoms with Crippen LogP contribution < -0.4 is 0 Å². The van der Waals surface area contributed by atoms with Gasteiger partial charge in [-0.15, -0.1) is 6.58 Å². The van der Waals surface area contributed by atoms with Crippen molar-refractivity contribution in [2.24, 2.45) is 0 Å². The van der Waals surface area contributed by atoms with E-state index < -0.39 is 0 Å². The van der Waals surface area contributed by atoms with E-state index in [9.17, 15) is 0 Å². The molecule has 346 valence electrons. The topological polar surface area (TPSA) is 24.6 Å². The maximum Gasteiger partial charge on any atom is 0.0542 e. The smallest absolute Gasteiger partial charge is 0.0542 e. The second-order valence-corrected chi connectivity index (χ2v) is 19.8. The minimum absolute atomic E-state index is 0.725. The average Bonchev–Trinajstić information content (AvgIpc) is 4.26. The van der Waals surface area contributed by atoms with Gasteiger partial charge in [0.25, 0.3) is 0 Å². The third-order valence-electron chi connectivity index (χ3n) is 15.8. The molecule has 11 aromatic carbocycles. The quantitative estimate of drug-likeness (QED) is 0.142. The van der Waals surface area contributed by atoms with Gasteiger partial charge in [0, 0.05) is 82.3 Å². The maximum atomic E-state index is 4.25. The first-order chi connectivity index (χ1) is 36.7. The van der Waals surface area contributed by atoms with Gasteiger partial charge in [-0.3, -0.25) is 0 Å². The molecule has 0 unspecified atom stereocenters. The van der Waals surface area contributed by atoms with Crippen molar-refractivity contribution >= 4 is 109 Å². The molecule has 5 heterocycles. The molecule has 0 radical (unpaired) electrons. The summed E-state index contributed by atoms with van der Waals surface area (Å²) in [6, 6.07) is 89.7. The van der Waals surface area contributed by atoms with Crippen molar-refractivity contribution in [2.45, 2.75) is 6.42 Å². The van der Waals surface area contributed by atoms with Crippen LogP contribution in [0.4, 0.5) is 0 Å². The molecule has 0 fully saturated rings. The van der Waals surface area contributed by atoms with E-state index in [4.69, 9.17) is 0 Å². The average molecular weight is 944 g/mol. The first-order valence-corrected chi connectivity index (χ1v) is 25.5. The normalized spacial score (nSPS) is 12.2. The highest BCUT2D eigenvalue weighted by Crippen LogP contribution is 2.42. The molecule has 74 heavy (non-hydrogen) atoms. The molecule has 0 spiro atoms. The van der Waals surface area contributed by atoms with Gasteiger partial charge >= 0.3 is 0 Å². The summed E-state index contributed by atoms with van der Waals surface area (Å²) in [5.74, 6) is 0. The fraction of sp³-hybridized carbons (Fsp3) is 0.0145. The van der Waals surface area contributed by atoms with Crippen molar-refractivity contribution in [1.82, 2.24) is 22.8 Å². The molecular weight excluding hydrogens is 899 g/mol. The number of allylic oxidation sites excluding steroid dienone is 1. The summed E-state index contributed by atoms with van der Waals surface area (Å²) in [6.07, 6.45) is 2.75. The molecule has 0 aliphatic heterocycles. The van der Waals surface area contributed by atoms with Crippen LogP contribution in [0, 0.1) is 0 Å². The van der Waals surface area contributed by atoms with Gasteiger partial charge in [-0.2, -0.15) is 0 Å². The van der Waals surface area contributed by atoms with E-state index in [1.807, 2.05) is 6.08 Å². The van der Waals surface area contributed by atoms with E-state index in [1.165, 1.54) is 92.5 Å². The molecular formula is C69H45N5. The molecule has 0 bridgehead atoms. The number of benzene rings is 11. The lowest BCUT2D eigenvalue weighted by Gasteiger charge is -2.16. The first-order valence-electron chi connectivity index (χ1n) is 25.5. The van der Waals surface area contributed by atoms with Crippen molar-refractivity contribution in [1.29, 1.82) is 0 Å². The Kier molecular flexibility index (Phi) is 8.60. The predicted molar refractivity (Wildman–Crippen MR) is 312 cm³/mol. The Hall–Kier alpha value is -9.84. The number of nitrogens with zero attached hydrogens (tertiary/aromatic N) is 5. The molecule has 0 aliphatic carbocycles. The Morgan fingerprint density at radius 3 is 0.743 bits per heavy atom. The molecule has 0 N–H and O–H groups in total. The lowest BCUT2D eigenvalue weighted by Crippen LogP contribution is -2.01. The van der Waals surface area contributed by atoms with E-state index in [0.717, 1.165) is 56.9 Å². The van der Waals surface area contributed by atoms with Crippen molar-refractivity contribution in [3.05, 3.63) is 261 Å². The highest BCUT2D eigenvalue weighted by atomic mass is 15.0. The summed E-state index contributed by atoms with van der Waals surface area (Å²) in [4.78, 5) is 0. The summed E-state index contributed by atoms with van der Waals surface area (Å²) < 4.78 is 12.2. The van der Waals surface area contributed by atoms with Crippen molar-refractivity contribution in [2.75, 3.05) is 0 Å². The number of aromatic nitrogens is 5. The zero-order valence-electron chi connectivity index (χ0n) is 40.3. The predicted octanol–water partition coefficient (Wildman–Crippen LogP) is 17.9. The molecule has 0 amide bonds. The van der Waals surface area contributed by atoms with Gasteiger partial charge in [0.2, 0.25) is 0 Å². The number of para-hydroxylation sites is 7. The number of fused-ring (bicyclic) bond motifs is 15. The van der Waals surface area contributed by atoms with E-state index in [2.05, 4.69) is 272 Å². The minimum atomic E-state index is 0.725. The highest BCUT2D eigenvalue weighted by Gasteiger charge is 2.22. The molecule has 0 aliphatic rings. The van der Waals surface area contributed by atoms with Crippen LogP contribution in [0.3, 0.4) is 0 Å². The lowest BCUT2D eigenvalue weighted by molar-refractivity contribution is 1.10. The lowest BCUT2D eigenvalue weighted by atomic mass is 10.1. The number of hydrogen-bond donors (Lipinski definition) is 0. The summed E-state index contributed by atoms with van der Waals surface area (Å²) in [7, 11) is 0. The Balaban J connectivity index is 0.949. The van der Waals surface area contributed by atoms with Gasteiger partial charge in [-0.25, -0.2) is 0 Å². The number of rotatable bonds is 7. The van der Waals surface area contributed by atoms with E-state index in [1.54, 1.807) is 0 Å². The first kappa shape index (κ1) is 40.8. The zero-order valence-corrected chi connectivity index (χ0v) is 40.3. The maximum absolute atomic E-state index is 4.25. The molecule has 5 nitrogen and oxygen atoms in total. The van der Waals surface area contributed by atoms with Gasteiger partial charge in [0.15, 0.2) is 0 Å². The van der Waals surface area contributed by atoms with E-state index in [0.29, 0.717) is 0 Å². The summed E-state index contributed by atoms with van der Waals surface area (Å²) in [5.41, 5.74) is 18.6. The minimum Gasteiger partial charge on any atom is -0.309 e. The molecule has 16 aromatic rings. The van der Waals surface area contributed by atoms with Crippen LogP contribution in [0.15, 0.2) is 255 Å². The fourth-order valence-electron chi connectivity index (χ4n) is 12.7. The standard InChI is InChI=1S/C69H45N5/c1-2-17-44-38-48(73-66-31-16-9-24-56(66)57-41-45(32-35-67(57)73)70-60-25-10-3-18-50(60)51-19-4-11-26-61(51)70)40-49(39-44)74-68-36-33-46(71-62-27-12-5-20-52(62)53-21-6-13-28-63(53)71)42-58(68)59-43-47(34-37-69(59)74)72-64-29-14-7-22-54(64)55-23-8-15-30-65(55)72/h2-16,18-43H,1,17H2. The third-order valence-corrected chi connectivity index (χ3v) is 15.8. The van der Waals surface area contributed by atoms with Crippen LogP contribution in [0.5, 0.6) is 0 Å². The zero-order chi connectivity index (χ0) is 48.6. The summed E-state index contributed by atoms with van der Waals surface area (Å²) in [6.45, 7) is 4.25. The molecule has 0 saturated heterocycles. The molecule has 5 heteroatoms. The number of hydrogen-bond acceptors (Lipinski definition) is 0. The van der Waals surface area contributed by atoms with E-state index in [-0.39, 0.29) is 0 Å². The van der Waals surface area contributed by atoms with Crippen LogP contribution in [0.25, 0.3) is 137 Å². The highest BCUT2D eigenvalue weighted by molar-refractivity contribution is 6.15. The molecule has 5 aromatic heterocycles. The fourth-order valence-corrected chi connectivity index (χ4v) is 12.7. The van der Waals surface area contributed by atoms with Crippen molar-refractivity contribution in [3.63, 3.8) is 0 Å². The Morgan fingerprint density at radius 1 is 0.230 bits per heavy atom.